The van der Waals surface area contributed by atoms with Crippen molar-refractivity contribution >= 4 is 35.4 Å². The lowest BCUT2D eigenvalue weighted by Crippen LogP contribution is -2.15. The first-order valence-electron chi connectivity index (χ1n) is 14.4. The number of halogens is 3. The number of ether oxygens (including phenoxy) is 6. The predicted octanol–water partition coefficient (Wildman–Crippen LogP) is 5.24. The van der Waals surface area contributed by atoms with Crippen LogP contribution in [0.5, 0.6) is 11.5 Å². The molecular formula is C33H35F3N2O9. The number of rotatable bonds is 18. The Morgan fingerprint density at radius 1 is 0.660 bits per heavy atom. The maximum absolute atomic E-state index is 12.4. The molecule has 47 heavy (non-hydrogen) atoms. The van der Waals surface area contributed by atoms with Crippen LogP contribution >= 0.6 is 0 Å². The van der Waals surface area contributed by atoms with E-state index in [1.165, 1.54) is 54.6 Å². The minimum atomic E-state index is -4.23. The van der Waals surface area contributed by atoms with Gasteiger partial charge in [-0.25, -0.2) is 14.4 Å². The summed E-state index contributed by atoms with van der Waals surface area (Å²) in [7, 11) is 0. The molecule has 0 bridgehead atoms. The van der Waals surface area contributed by atoms with Gasteiger partial charge in [0.15, 0.2) is 0 Å². The molecule has 3 rings (SSSR count). The number of benzene rings is 3. The number of nitrogens with two attached hydrogens (primary N) is 2. The smallest absolute Gasteiger partial charge is 0.389 e. The van der Waals surface area contributed by atoms with Crippen LogP contribution in [-0.4, -0.2) is 70.3 Å². The summed E-state index contributed by atoms with van der Waals surface area (Å²) in [5.41, 5.74) is 13.2. The molecule has 3 aromatic carbocycles. The molecule has 252 valence electrons. The molecule has 3 aromatic rings. The van der Waals surface area contributed by atoms with Crippen LogP contribution in [0.1, 0.15) is 39.1 Å². The van der Waals surface area contributed by atoms with Crippen molar-refractivity contribution in [3.05, 3.63) is 89.5 Å². The molecular weight excluding hydrogens is 625 g/mol. The van der Waals surface area contributed by atoms with Gasteiger partial charge in [0.1, 0.15) is 24.7 Å². The van der Waals surface area contributed by atoms with E-state index in [0.29, 0.717) is 22.7 Å². The number of alkyl halides is 3. The van der Waals surface area contributed by atoms with Crippen LogP contribution in [-0.2, 0) is 23.7 Å². The van der Waals surface area contributed by atoms with Crippen LogP contribution in [0.25, 0.3) is 6.08 Å². The molecule has 0 aliphatic heterocycles. The Morgan fingerprint density at radius 3 is 1.85 bits per heavy atom. The Bertz CT molecular complexity index is 1460. The molecule has 0 spiro atoms. The summed E-state index contributed by atoms with van der Waals surface area (Å²) < 4.78 is 68.1. The Labute approximate surface area is 269 Å². The van der Waals surface area contributed by atoms with Crippen molar-refractivity contribution in [2.24, 2.45) is 0 Å². The SMILES string of the molecule is Nc1cc(N)cc(C(=O)OCCOCCOCCOC(=O)/C=C/c2ccc(OC(=O)c3ccc(OCCCC(F)(F)F)cc3)cc2)c1. The summed E-state index contributed by atoms with van der Waals surface area (Å²) >= 11 is 0. The lowest BCUT2D eigenvalue weighted by Gasteiger charge is -2.09. The fourth-order valence-corrected chi connectivity index (χ4v) is 3.77. The maximum atomic E-state index is 12.4. The van der Waals surface area contributed by atoms with Crippen molar-refractivity contribution in [2.75, 3.05) is 57.7 Å². The number of carbonyl (C=O) groups excluding carboxylic acids is 3. The third-order valence-electron chi connectivity index (χ3n) is 5.98. The lowest BCUT2D eigenvalue weighted by molar-refractivity contribution is -0.139. The quantitative estimate of drug-likeness (QED) is 0.0604. The van der Waals surface area contributed by atoms with Crippen molar-refractivity contribution in [3.63, 3.8) is 0 Å². The Balaban J connectivity index is 1.23. The van der Waals surface area contributed by atoms with Gasteiger partial charge in [-0.3, -0.25) is 0 Å². The molecule has 0 heterocycles. The number of hydrogen-bond acceptors (Lipinski definition) is 11. The van der Waals surface area contributed by atoms with E-state index >= 15 is 0 Å². The first-order valence-corrected chi connectivity index (χ1v) is 14.4. The van der Waals surface area contributed by atoms with Gasteiger partial charge in [-0.2, -0.15) is 13.2 Å². The van der Waals surface area contributed by atoms with E-state index in [4.69, 9.17) is 39.9 Å². The molecule has 0 aromatic heterocycles. The summed E-state index contributed by atoms with van der Waals surface area (Å²) in [6, 6.07) is 16.7. The average molecular weight is 661 g/mol. The molecule has 0 saturated heterocycles. The van der Waals surface area contributed by atoms with Crippen molar-refractivity contribution in [1.29, 1.82) is 0 Å². The summed E-state index contributed by atoms with van der Waals surface area (Å²) in [5, 5.41) is 0. The molecule has 0 unspecified atom stereocenters. The molecule has 0 aliphatic carbocycles. The lowest BCUT2D eigenvalue weighted by atomic mass is 10.2. The highest BCUT2D eigenvalue weighted by Crippen LogP contribution is 2.22. The van der Waals surface area contributed by atoms with E-state index in [9.17, 15) is 27.6 Å². The highest BCUT2D eigenvalue weighted by Gasteiger charge is 2.26. The third-order valence-corrected chi connectivity index (χ3v) is 5.98. The van der Waals surface area contributed by atoms with Crippen molar-refractivity contribution in [2.45, 2.75) is 19.0 Å². The van der Waals surface area contributed by atoms with E-state index in [-0.39, 0.29) is 69.5 Å². The maximum Gasteiger partial charge on any atom is 0.389 e. The number of hydrogen-bond donors (Lipinski definition) is 2. The standard InChI is InChI=1S/C33H35F3N2O9/c34-33(35,36)12-1-13-44-28-9-5-24(6-10-28)32(41)47-29-7-2-23(3-8-29)4-11-30(39)45-18-16-42-14-15-43-17-19-46-31(40)25-20-26(37)22-27(38)21-25/h2-11,20-22H,1,12-19,37-38H2/b11-4+. The number of anilines is 2. The van der Waals surface area contributed by atoms with Crippen LogP contribution in [0.15, 0.2) is 72.8 Å². The van der Waals surface area contributed by atoms with E-state index < -0.39 is 30.5 Å². The Hall–Kier alpha value is -5.08. The zero-order valence-electron chi connectivity index (χ0n) is 25.3. The van der Waals surface area contributed by atoms with Gasteiger partial charge in [-0.1, -0.05) is 12.1 Å². The fraction of sp³-hybridized carbons (Fsp3) is 0.303. The minimum Gasteiger partial charge on any atom is -0.494 e. The van der Waals surface area contributed by atoms with Crippen molar-refractivity contribution < 1.29 is 56.0 Å². The summed E-state index contributed by atoms with van der Waals surface area (Å²) in [5.74, 6) is -1.15. The topological polar surface area (TPSA) is 159 Å². The largest absolute Gasteiger partial charge is 0.494 e. The molecule has 11 nitrogen and oxygen atoms in total. The van der Waals surface area contributed by atoms with Crippen molar-refractivity contribution in [3.8, 4) is 11.5 Å². The highest BCUT2D eigenvalue weighted by atomic mass is 19.4. The molecule has 14 heteroatoms. The first kappa shape index (κ1) is 36.4. The molecule has 0 aliphatic rings. The normalized spacial score (nSPS) is 11.3. The monoisotopic (exact) mass is 660 g/mol. The van der Waals surface area contributed by atoms with Gasteiger partial charge in [-0.15, -0.1) is 0 Å². The average Bonchev–Trinajstić information content (AvgIpc) is 3.03. The number of carbonyl (C=O) groups is 3. The molecule has 0 fully saturated rings. The molecule has 4 N–H and O–H groups in total. The minimum absolute atomic E-state index is 0.0319. The van der Waals surface area contributed by atoms with E-state index in [0.717, 1.165) is 0 Å². The summed E-state index contributed by atoms with van der Waals surface area (Å²) in [4.78, 5) is 36.3. The predicted molar refractivity (Wildman–Crippen MR) is 166 cm³/mol. The number of nitrogen functional groups attached to an aromatic ring is 2. The molecule has 0 amide bonds. The van der Waals surface area contributed by atoms with Crippen molar-refractivity contribution in [1.82, 2.24) is 0 Å². The third kappa shape index (κ3) is 14.7. The second-order valence-electron chi connectivity index (χ2n) is 9.80. The van der Waals surface area contributed by atoms with Gasteiger partial charge in [0, 0.05) is 23.9 Å². The fourth-order valence-electron chi connectivity index (χ4n) is 3.77. The van der Waals surface area contributed by atoms with Crippen LogP contribution in [0.4, 0.5) is 24.5 Å². The summed E-state index contributed by atoms with van der Waals surface area (Å²) in [6.07, 6.45) is -2.55. The number of esters is 3. The van der Waals surface area contributed by atoms with Crippen LogP contribution < -0.4 is 20.9 Å². The zero-order valence-corrected chi connectivity index (χ0v) is 25.3. The second kappa shape index (κ2) is 18.8. The summed E-state index contributed by atoms with van der Waals surface area (Å²) in [6.45, 7) is 0.802. The van der Waals surface area contributed by atoms with Gasteiger partial charge in [-0.05, 0) is 72.7 Å². The first-order chi connectivity index (χ1) is 22.5. The van der Waals surface area contributed by atoms with Crippen LogP contribution in [0.2, 0.25) is 0 Å². The molecule has 0 atom stereocenters. The second-order valence-corrected chi connectivity index (χ2v) is 9.80. The molecule has 0 radical (unpaired) electrons. The molecule has 0 saturated carbocycles. The Morgan fingerprint density at radius 2 is 1.23 bits per heavy atom. The van der Waals surface area contributed by atoms with E-state index in [1.807, 2.05) is 0 Å². The van der Waals surface area contributed by atoms with Gasteiger partial charge in [0.2, 0.25) is 0 Å². The van der Waals surface area contributed by atoms with E-state index in [1.54, 1.807) is 24.3 Å². The van der Waals surface area contributed by atoms with Gasteiger partial charge in [0.05, 0.1) is 44.2 Å². The van der Waals surface area contributed by atoms with Gasteiger partial charge >= 0.3 is 24.1 Å². The zero-order chi connectivity index (χ0) is 34.1. The van der Waals surface area contributed by atoms with Crippen LogP contribution in [0.3, 0.4) is 0 Å². The van der Waals surface area contributed by atoms with E-state index in [2.05, 4.69) is 0 Å². The highest BCUT2D eigenvalue weighted by molar-refractivity contribution is 5.92. The Kier molecular flexibility index (Phi) is 14.5. The van der Waals surface area contributed by atoms with Gasteiger partial charge in [0.25, 0.3) is 0 Å². The van der Waals surface area contributed by atoms with Crippen LogP contribution in [0, 0.1) is 0 Å². The van der Waals surface area contributed by atoms with Gasteiger partial charge < -0.3 is 39.9 Å².